The molecule has 0 aliphatic heterocycles. The van der Waals surface area contributed by atoms with Crippen LogP contribution >= 0.6 is 7.75 Å². The van der Waals surface area contributed by atoms with E-state index in [1.54, 1.807) is 12.1 Å². The first kappa shape index (κ1) is 17.4. The predicted molar refractivity (Wildman–Crippen MR) is 83.3 cm³/mol. The maximum absolute atomic E-state index is 12.0. The van der Waals surface area contributed by atoms with E-state index in [1.807, 2.05) is 5.09 Å². The third-order valence-corrected chi connectivity index (χ3v) is 4.05. The van der Waals surface area contributed by atoms with Crippen molar-refractivity contribution in [3.63, 3.8) is 0 Å². The molecule has 1 aliphatic carbocycles. The monoisotopic (exact) mass is 339 g/mol. The summed E-state index contributed by atoms with van der Waals surface area (Å²) in [5.74, 6) is -1.32. The van der Waals surface area contributed by atoms with Gasteiger partial charge in [0, 0.05) is 5.70 Å². The van der Waals surface area contributed by atoms with E-state index in [0.717, 1.165) is 5.56 Å². The number of aliphatic hydroxyl groups is 1. The molecule has 8 heteroatoms. The van der Waals surface area contributed by atoms with Crippen molar-refractivity contribution in [1.29, 1.82) is 0 Å². The molecule has 0 heterocycles. The second-order valence-electron chi connectivity index (χ2n) is 5.29. The number of rotatable bonds is 6. The van der Waals surface area contributed by atoms with Crippen LogP contribution in [-0.4, -0.2) is 31.9 Å². The Hall–Kier alpha value is -1.92. The molecular weight excluding hydrogens is 321 g/mol. The van der Waals surface area contributed by atoms with E-state index < -0.39 is 25.6 Å². The summed E-state index contributed by atoms with van der Waals surface area (Å²) in [6.45, 7) is 0. The summed E-state index contributed by atoms with van der Waals surface area (Å²) in [5, 5.41) is 21.5. The fourth-order valence-electron chi connectivity index (χ4n) is 2.42. The number of phenols is 1. The van der Waals surface area contributed by atoms with E-state index in [9.17, 15) is 19.6 Å². The third-order valence-electron chi connectivity index (χ3n) is 3.50. The number of carbonyl (C=O) groups is 1. The van der Waals surface area contributed by atoms with E-state index in [4.69, 9.17) is 9.79 Å². The first-order valence-electron chi connectivity index (χ1n) is 6.98. The standard InChI is InChI=1S/C15H18NO6P/c17-11-7-4-10(5-8-11)6-9-14(19)15-12(16-23(20,21)22)2-1-3-13(15)18/h1-5,7-8,14-15,17,19H,6,9H2,(H3,16,20,21,22). The number of nitrogens with one attached hydrogen (secondary N) is 1. The van der Waals surface area contributed by atoms with Crippen LogP contribution in [0.5, 0.6) is 5.75 Å². The average molecular weight is 339 g/mol. The second-order valence-corrected chi connectivity index (χ2v) is 6.60. The van der Waals surface area contributed by atoms with Gasteiger partial charge in [0.1, 0.15) is 5.75 Å². The smallest absolute Gasteiger partial charge is 0.427 e. The van der Waals surface area contributed by atoms with Crippen LogP contribution in [-0.2, 0) is 15.8 Å². The Labute approximate surface area is 133 Å². The molecule has 0 saturated heterocycles. The number of allylic oxidation sites excluding steroid dienone is 3. The van der Waals surface area contributed by atoms with Crippen molar-refractivity contribution in [2.24, 2.45) is 5.92 Å². The molecule has 1 aliphatic rings. The highest BCUT2D eigenvalue weighted by Gasteiger charge is 2.33. The number of hydrogen-bond acceptors (Lipinski definition) is 4. The van der Waals surface area contributed by atoms with Crippen LogP contribution in [0.3, 0.4) is 0 Å². The summed E-state index contributed by atoms with van der Waals surface area (Å²) < 4.78 is 11.1. The summed E-state index contributed by atoms with van der Waals surface area (Å²) in [4.78, 5) is 30.0. The minimum Gasteiger partial charge on any atom is -0.508 e. The van der Waals surface area contributed by atoms with Gasteiger partial charge < -0.3 is 20.0 Å². The van der Waals surface area contributed by atoms with E-state index in [-0.39, 0.29) is 17.9 Å². The Morgan fingerprint density at radius 2 is 1.87 bits per heavy atom. The lowest BCUT2D eigenvalue weighted by molar-refractivity contribution is -0.120. The highest BCUT2D eigenvalue weighted by atomic mass is 31.2. The van der Waals surface area contributed by atoms with Gasteiger partial charge in [-0.25, -0.2) is 4.57 Å². The van der Waals surface area contributed by atoms with Gasteiger partial charge in [0.15, 0.2) is 5.78 Å². The van der Waals surface area contributed by atoms with Gasteiger partial charge in [-0.15, -0.1) is 0 Å². The van der Waals surface area contributed by atoms with Crippen LogP contribution in [0.15, 0.2) is 48.2 Å². The highest BCUT2D eigenvalue weighted by Crippen LogP contribution is 2.34. The Bertz CT molecular complexity index is 676. The van der Waals surface area contributed by atoms with Crippen molar-refractivity contribution in [3.05, 3.63) is 53.8 Å². The molecule has 0 fully saturated rings. The predicted octanol–water partition coefficient (Wildman–Crippen LogP) is 1.01. The lowest BCUT2D eigenvalue weighted by Crippen LogP contribution is -2.35. The molecule has 1 aromatic rings. The van der Waals surface area contributed by atoms with E-state index >= 15 is 0 Å². The zero-order valence-electron chi connectivity index (χ0n) is 12.2. The molecule has 2 atom stereocenters. The van der Waals surface area contributed by atoms with Crippen LogP contribution in [0.4, 0.5) is 0 Å². The molecule has 0 amide bonds. The average Bonchev–Trinajstić information content (AvgIpc) is 2.45. The molecule has 0 saturated carbocycles. The molecule has 0 aromatic heterocycles. The number of ketones is 1. The summed E-state index contributed by atoms with van der Waals surface area (Å²) in [6, 6.07) is 6.46. The topological polar surface area (TPSA) is 127 Å². The van der Waals surface area contributed by atoms with Crippen molar-refractivity contribution < 1.29 is 29.4 Å². The molecule has 2 unspecified atom stereocenters. The summed E-state index contributed by atoms with van der Waals surface area (Å²) in [6.07, 6.45) is 3.61. The minimum absolute atomic E-state index is 0.00374. The van der Waals surface area contributed by atoms with Crippen LogP contribution in [0.1, 0.15) is 12.0 Å². The van der Waals surface area contributed by atoms with Gasteiger partial charge in [-0.2, -0.15) is 0 Å². The normalized spacial score (nSPS) is 19.3. The number of hydrogen-bond donors (Lipinski definition) is 5. The van der Waals surface area contributed by atoms with Crippen molar-refractivity contribution in [1.82, 2.24) is 5.09 Å². The maximum atomic E-state index is 12.0. The SMILES string of the molecule is O=C1C=CC=C(NP(=O)(O)O)C1C(O)CCc1ccc(O)cc1. The molecule has 124 valence electrons. The molecule has 0 spiro atoms. The lowest BCUT2D eigenvalue weighted by atomic mass is 9.87. The van der Waals surface area contributed by atoms with Crippen molar-refractivity contribution in [2.75, 3.05) is 0 Å². The fraction of sp³-hybridized carbons (Fsp3) is 0.267. The molecule has 7 nitrogen and oxygen atoms in total. The Morgan fingerprint density at radius 1 is 1.22 bits per heavy atom. The Morgan fingerprint density at radius 3 is 2.48 bits per heavy atom. The van der Waals surface area contributed by atoms with Gasteiger partial charge >= 0.3 is 7.75 Å². The van der Waals surface area contributed by atoms with Crippen LogP contribution in [0, 0.1) is 5.92 Å². The molecule has 23 heavy (non-hydrogen) atoms. The lowest BCUT2D eigenvalue weighted by Gasteiger charge is -2.26. The number of carbonyl (C=O) groups excluding carboxylic acids is 1. The molecule has 1 aromatic carbocycles. The number of benzene rings is 1. The van der Waals surface area contributed by atoms with Crippen molar-refractivity contribution in [2.45, 2.75) is 18.9 Å². The first-order chi connectivity index (χ1) is 10.8. The van der Waals surface area contributed by atoms with E-state index in [1.165, 1.54) is 30.4 Å². The van der Waals surface area contributed by atoms with Crippen LogP contribution < -0.4 is 5.09 Å². The number of aryl methyl sites for hydroxylation is 1. The summed E-state index contributed by atoms with van der Waals surface area (Å²) in [7, 11) is -4.56. The number of phenolic OH excluding ortho intramolecular Hbond substituents is 1. The van der Waals surface area contributed by atoms with Crippen LogP contribution in [0.25, 0.3) is 0 Å². The zero-order valence-corrected chi connectivity index (χ0v) is 13.1. The highest BCUT2D eigenvalue weighted by molar-refractivity contribution is 7.49. The van der Waals surface area contributed by atoms with Crippen molar-refractivity contribution in [3.8, 4) is 5.75 Å². The number of aromatic hydroxyl groups is 1. The van der Waals surface area contributed by atoms with Gasteiger partial charge in [-0.05, 0) is 42.7 Å². The van der Waals surface area contributed by atoms with Gasteiger partial charge in [0.2, 0.25) is 0 Å². The molecular formula is C15H18NO6P. The second kappa shape index (κ2) is 7.10. The van der Waals surface area contributed by atoms with Gasteiger partial charge in [-0.1, -0.05) is 18.2 Å². The summed E-state index contributed by atoms with van der Waals surface area (Å²) in [5.41, 5.74) is 0.873. The molecule has 0 bridgehead atoms. The van der Waals surface area contributed by atoms with Gasteiger partial charge in [0.05, 0.1) is 12.0 Å². The van der Waals surface area contributed by atoms with Gasteiger partial charge in [-0.3, -0.25) is 9.88 Å². The van der Waals surface area contributed by atoms with E-state index in [2.05, 4.69) is 0 Å². The molecule has 5 N–H and O–H groups in total. The quantitative estimate of drug-likeness (QED) is 0.489. The van der Waals surface area contributed by atoms with Gasteiger partial charge in [0.25, 0.3) is 0 Å². The molecule has 2 rings (SSSR count). The Kier molecular flexibility index (Phi) is 5.38. The van der Waals surface area contributed by atoms with Crippen LogP contribution in [0.2, 0.25) is 0 Å². The largest absolute Gasteiger partial charge is 0.508 e. The maximum Gasteiger partial charge on any atom is 0.427 e. The van der Waals surface area contributed by atoms with Crippen molar-refractivity contribution >= 4 is 13.5 Å². The summed E-state index contributed by atoms with van der Waals surface area (Å²) >= 11 is 0. The zero-order chi connectivity index (χ0) is 17.0. The first-order valence-corrected chi connectivity index (χ1v) is 8.59. The molecule has 0 radical (unpaired) electrons. The minimum atomic E-state index is -4.56. The number of aliphatic hydroxyl groups excluding tert-OH is 1. The third kappa shape index (κ3) is 5.04. The fourth-order valence-corrected chi connectivity index (χ4v) is 2.97. The Balaban J connectivity index is 2.06. The van der Waals surface area contributed by atoms with E-state index in [0.29, 0.717) is 6.42 Å².